The number of aliphatic hydroxyl groups is 2. The summed E-state index contributed by atoms with van der Waals surface area (Å²) >= 11 is 11.5. The molecule has 132 valence electrons. The Bertz CT molecular complexity index is 365. The second kappa shape index (κ2) is 12.8. The van der Waals surface area contributed by atoms with Crippen LogP contribution in [0.4, 0.5) is 0 Å². The van der Waals surface area contributed by atoms with Crippen molar-refractivity contribution in [3.05, 3.63) is 20.6 Å². The molecule has 2 aliphatic rings. The SMILES string of the molecule is OCC1=CSC(CSCCCCCSCC2SC=C(CO)S2)S1. The average molecular weight is 429 g/mol. The third kappa shape index (κ3) is 8.62. The second-order valence-corrected chi connectivity index (χ2v) is 12.8. The van der Waals surface area contributed by atoms with Crippen LogP contribution in [0, 0.1) is 0 Å². The van der Waals surface area contributed by atoms with Crippen molar-refractivity contribution in [1.29, 1.82) is 0 Å². The molecule has 0 spiro atoms. The molecule has 0 radical (unpaired) electrons. The van der Waals surface area contributed by atoms with E-state index in [0.29, 0.717) is 9.16 Å². The molecule has 0 aliphatic carbocycles. The van der Waals surface area contributed by atoms with E-state index in [4.69, 9.17) is 10.2 Å². The van der Waals surface area contributed by atoms with Gasteiger partial charge in [-0.15, -0.1) is 47.0 Å². The Kier molecular flexibility index (Phi) is 11.6. The van der Waals surface area contributed by atoms with E-state index in [1.165, 1.54) is 42.3 Å². The summed E-state index contributed by atoms with van der Waals surface area (Å²) in [5, 5.41) is 22.3. The van der Waals surface area contributed by atoms with Crippen molar-refractivity contribution in [3.8, 4) is 0 Å². The van der Waals surface area contributed by atoms with Gasteiger partial charge in [0.2, 0.25) is 0 Å². The van der Waals surface area contributed by atoms with Crippen LogP contribution in [0.15, 0.2) is 20.6 Å². The molecule has 0 aromatic rings. The van der Waals surface area contributed by atoms with E-state index in [2.05, 4.69) is 10.8 Å². The van der Waals surface area contributed by atoms with Gasteiger partial charge in [-0.2, -0.15) is 23.5 Å². The van der Waals surface area contributed by atoms with Gasteiger partial charge in [0.15, 0.2) is 0 Å². The lowest BCUT2D eigenvalue weighted by atomic mass is 10.3. The minimum absolute atomic E-state index is 0.200. The minimum Gasteiger partial charge on any atom is -0.391 e. The third-order valence-corrected chi connectivity index (χ3v) is 11.6. The fourth-order valence-electron chi connectivity index (χ4n) is 1.99. The first-order chi connectivity index (χ1) is 11.3. The summed E-state index contributed by atoms with van der Waals surface area (Å²) in [7, 11) is 0. The topological polar surface area (TPSA) is 40.5 Å². The molecule has 0 fully saturated rings. The summed E-state index contributed by atoms with van der Waals surface area (Å²) in [6.07, 6.45) is 3.96. The maximum atomic E-state index is 9.06. The molecular weight excluding hydrogens is 405 g/mol. The molecule has 0 amide bonds. The lowest BCUT2D eigenvalue weighted by Crippen LogP contribution is -1.99. The van der Waals surface area contributed by atoms with Crippen molar-refractivity contribution in [1.82, 2.24) is 0 Å². The first-order valence-corrected chi connectivity index (χ1v) is 13.7. The molecule has 2 rings (SSSR count). The maximum Gasteiger partial charge on any atom is 0.0746 e. The molecule has 2 nitrogen and oxygen atoms in total. The maximum absolute atomic E-state index is 9.06. The predicted octanol–water partition coefficient (Wildman–Crippen LogP) is 4.90. The lowest BCUT2D eigenvalue weighted by molar-refractivity contribution is 0.339. The highest BCUT2D eigenvalue weighted by Crippen LogP contribution is 2.41. The van der Waals surface area contributed by atoms with Crippen LogP contribution in [0.1, 0.15) is 19.3 Å². The van der Waals surface area contributed by atoms with Gasteiger partial charge in [0, 0.05) is 21.3 Å². The van der Waals surface area contributed by atoms with Gasteiger partial charge in [-0.3, -0.25) is 0 Å². The Morgan fingerprint density at radius 3 is 1.65 bits per heavy atom. The van der Waals surface area contributed by atoms with Gasteiger partial charge in [0.1, 0.15) is 0 Å². The Morgan fingerprint density at radius 1 is 0.783 bits per heavy atom. The molecule has 0 bridgehead atoms. The fraction of sp³-hybridized carbons (Fsp3) is 0.733. The first-order valence-electron chi connectivity index (χ1n) is 7.71. The van der Waals surface area contributed by atoms with Gasteiger partial charge in [-0.05, 0) is 35.2 Å². The number of aliphatic hydroxyl groups excluding tert-OH is 2. The van der Waals surface area contributed by atoms with E-state index >= 15 is 0 Å². The van der Waals surface area contributed by atoms with Crippen LogP contribution < -0.4 is 0 Å². The van der Waals surface area contributed by atoms with E-state index in [0.717, 1.165) is 9.81 Å². The molecule has 8 heteroatoms. The van der Waals surface area contributed by atoms with E-state index in [-0.39, 0.29) is 13.2 Å². The second-order valence-electron chi connectivity index (χ2n) is 5.06. The number of rotatable bonds is 12. The zero-order chi connectivity index (χ0) is 16.3. The van der Waals surface area contributed by atoms with Gasteiger partial charge in [0.05, 0.1) is 22.4 Å². The van der Waals surface area contributed by atoms with E-state index in [1.54, 1.807) is 0 Å². The van der Waals surface area contributed by atoms with Crippen molar-refractivity contribution in [2.24, 2.45) is 0 Å². The highest BCUT2D eigenvalue weighted by atomic mass is 32.2. The molecule has 0 saturated carbocycles. The van der Waals surface area contributed by atoms with Crippen LogP contribution in [0.25, 0.3) is 0 Å². The molecule has 2 atom stereocenters. The molecule has 0 aromatic carbocycles. The molecule has 2 aliphatic heterocycles. The van der Waals surface area contributed by atoms with Crippen molar-refractivity contribution in [2.75, 3.05) is 36.2 Å². The van der Waals surface area contributed by atoms with Crippen molar-refractivity contribution < 1.29 is 10.2 Å². The van der Waals surface area contributed by atoms with Crippen LogP contribution >= 0.6 is 70.6 Å². The third-order valence-electron chi connectivity index (χ3n) is 3.17. The molecular formula is C15H24O2S6. The summed E-state index contributed by atoms with van der Waals surface area (Å²) in [5.74, 6) is 4.88. The van der Waals surface area contributed by atoms with Crippen molar-refractivity contribution >= 4 is 70.6 Å². The Balaban J connectivity index is 1.33. The first kappa shape index (κ1) is 20.8. The standard InChI is InChI=1S/C15H24O2S6/c16-6-12-8-20-14(22-12)10-18-4-2-1-3-5-19-11-15-21-9-13(7-17)23-15/h8-9,14-17H,1-7,10-11H2. The molecule has 2 unspecified atom stereocenters. The number of hydrogen-bond acceptors (Lipinski definition) is 8. The van der Waals surface area contributed by atoms with Gasteiger partial charge in [-0.25, -0.2) is 0 Å². The normalized spacial score (nSPS) is 24.1. The summed E-state index contributed by atoms with van der Waals surface area (Å²) in [5.41, 5.74) is 0. The molecule has 0 saturated heterocycles. The summed E-state index contributed by atoms with van der Waals surface area (Å²) in [4.78, 5) is 2.25. The van der Waals surface area contributed by atoms with Crippen molar-refractivity contribution in [2.45, 2.75) is 28.4 Å². The van der Waals surface area contributed by atoms with E-state index in [1.807, 2.05) is 70.6 Å². The van der Waals surface area contributed by atoms with Crippen LogP contribution in [-0.2, 0) is 0 Å². The number of hydrogen-bond donors (Lipinski definition) is 2. The zero-order valence-corrected chi connectivity index (χ0v) is 17.9. The molecule has 2 heterocycles. The quantitative estimate of drug-likeness (QED) is 0.425. The van der Waals surface area contributed by atoms with Gasteiger partial charge >= 0.3 is 0 Å². The summed E-state index contributed by atoms with van der Waals surface area (Å²) < 4.78 is 1.22. The van der Waals surface area contributed by atoms with Crippen molar-refractivity contribution in [3.63, 3.8) is 0 Å². The molecule has 23 heavy (non-hydrogen) atoms. The summed E-state index contributed by atoms with van der Waals surface area (Å²) in [6, 6.07) is 0. The van der Waals surface area contributed by atoms with Crippen LogP contribution in [-0.4, -0.2) is 55.6 Å². The Hall–Kier alpha value is 1.50. The van der Waals surface area contributed by atoms with Gasteiger partial charge < -0.3 is 10.2 Å². The average Bonchev–Trinajstić information content (AvgIpc) is 3.22. The largest absolute Gasteiger partial charge is 0.391 e. The van der Waals surface area contributed by atoms with Gasteiger partial charge in [0.25, 0.3) is 0 Å². The zero-order valence-electron chi connectivity index (χ0n) is 13.0. The predicted molar refractivity (Wildman–Crippen MR) is 117 cm³/mol. The molecule has 0 aromatic heterocycles. The van der Waals surface area contributed by atoms with Gasteiger partial charge in [-0.1, -0.05) is 6.42 Å². The Labute approximate surface area is 165 Å². The highest BCUT2D eigenvalue weighted by molar-refractivity contribution is 8.24. The van der Waals surface area contributed by atoms with Crippen LogP contribution in [0.5, 0.6) is 0 Å². The summed E-state index contributed by atoms with van der Waals surface area (Å²) in [6.45, 7) is 0.400. The van der Waals surface area contributed by atoms with E-state index in [9.17, 15) is 0 Å². The Morgan fingerprint density at radius 2 is 1.26 bits per heavy atom. The minimum atomic E-state index is 0.200. The van der Waals surface area contributed by atoms with Crippen LogP contribution in [0.2, 0.25) is 0 Å². The molecule has 2 N–H and O–H groups in total. The number of thioether (sulfide) groups is 6. The monoisotopic (exact) mass is 428 g/mol. The smallest absolute Gasteiger partial charge is 0.0746 e. The van der Waals surface area contributed by atoms with Crippen LogP contribution in [0.3, 0.4) is 0 Å². The number of unbranched alkanes of at least 4 members (excludes halogenated alkanes) is 2. The lowest BCUT2D eigenvalue weighted by Gasteiger charge is -2.09. The highest BCUT2D eigenvalue weighted by Gasteiger charge is 2.18. The fourth-order valence-corrected chi connectivity index (χ4v) is 9.73. The van der Waals surface area contributed by atoms with E-state index < -0.39 is 0 Å².